The predicted molar refractivity (Wildman–Crippen MR) is 82.9 cm³/mol. The fraction of sp³-hybridized carbons (Fsp3) is 0.562. The predicted octanol–water partition coefficient (Wildman–Crippen LogP) is 4.03. The normalized spacial score (nSPS) is 23.1. The van der Waals surface area contributed by atoms with E-state index in [1.54, 1.807) is 0 Å². The smallest absolute Gasteiger partial charge is 0.254 e. The molecule has 1 aromatic carbocycles. The molecule has 3 heteroatoms. The van der Waals surface area contributed by atoms with Crippen LogP contribution in [-0.4, -0.2) is 28.7 Å². The van der Waals surface area contributed by atoms with Gasteiger partial charge in [-0.05, 0) is 30.9 Å². The van der Waals surface area contributed by atoms with Crippen LogP contribution in [-0.2, 0) is 6.42 Å². The van der Waals surface area contributed by atoms with Gasteiger partial charge < -0.3 is 4.90 Å². The number of hydrogen-bond acceptors (Lipinski definition) is 1. The third-order valence-electron chi connectivity index (χ3n) is 4.09. The second-order valence-electron chi connectivity index (χ2n) is 5.29. The van der Waals surface area contributed by atoms with E-state index in [2.05, 4.69) is 22.9 Å². The lowest BCUT2D eigenvalue weighted by Crippen LogP contribution is -2.44. The molecule has 0 bridgehead atoms. The summed E-state index contributed by atoms with van der Waals surface area (Å²) in [6.07, 6.45) is 5.65. The highest BCUT2D eigenvalue weighted by molar-refractivity contribution is 9.09. The van der Waals surface area contributed by atoms with Gasteiger partial charge in [-0.25, -0.2) is 0 Å². The second kappa shape index (κ2) is 6.56. The van der Waals surface area contributed by atoms with Gasteiger partial charge >= 0.3 is 0 Å². The minimum Gasteiger partial charge on any atom is -0.338 e. The standard InChI is InChI=1S/C16H22BrNO/c1-3-12-8-4-5-9-13(12)16(19)18(2)15-11-7-6-10-14(15)17/h4-5,8-9,14-15H,3,6-7,10-11H2,1-2H3. The van der Waals surface area contributed by atoms with Crippen molar-refractivity contribution in [1.29, 1.82) is 0 Å². The molecule has 1 amide bonds. The Kier molecular flexibility index (Phi) is 5.03. The van der Waals surface area contributed by atoms with Crippen molar-refractivity contribution in [1.82, 2.24) is 4.90 Å². The second-order valence-corrected chi connectivity index (χ2v) is 6.47. The van der Waals surface area contributed by atoms with Crippen LogP contribution >= 0.6 is 15.9 Å². The van der Waals surface area contributed by atoms with E-state index in [9.17, 15) is 4.79 Å². The molecule has 0 radical (unpaired) electrons. The van der Waals surface area contributed by atoms with E-state index in [-0.39, 0.29) is 5.91 Å². The number of aryl methyl sites for hydroxylation is 1. The van der Waals surface area contributed by atoms with Crippen molar-refractivity contribution in [2.75, 3.05) is 7.05 Å². The summed E-state index contributed by atoms with van der Waals surface area (Å²) in [5.74, 6) is 0.161. The number of hydrogen-bond donors (Lipinski definition) is 0. The molecule has 0 spiro atoms. The Balaban J connectivity index is 2.18. The molecular formula is C16H22BrNO. The van der Waals surface area contributed by atoms with Gasteiger partial charge in [0.2, 0.25) is 0 Å². The number of rotatable bonds is 3. The van der Waals surface area contributed by atoms with Crippen LogP contribution in [0.2, 0.25) is 0 Å². The van der Waals surface area contributed by atoms with Crippen LogP contribution in [0.3, 0.4) is 0 Å². The van der Waals surface area contributed by atoms with E-state index in [0.29, 0.717) is 10.9 Å². The average molecular weight is 324 g/mol. The first kappa shape index (κ1) is 14.6. The van der Waals surface area contributed by atoms with Crippen LogP contribution in [0, 0.1) is 0 Å². The fourth-order valence-corrected chi connectivity index (χ4v) is 3.82. The maximum absolute atomic E-state index is 12.7. The minimum absolute atomic E-state index is 0.161. The monoisotopic (exact) mass is 323 g/mol. The van der Waals surface area contributed by atoms with Crippen molar-refractivity contribution >= 4 is 21.8 Å². The number of nitrogens with zero attached hydrogens (tertiary/aromatic N) is 1. The summed E-state index contributed by atoms with van der Waals surface area (Å²) >= 11 is 3.74. The lowest BCUT2D eigenvalue weighted by atomic mass is 9.93. The van der Waals surface area contributed by atoms with Crippen LogP contribution in [0.1, 0.15) is 48.5 Å². The Bertz CT molecular complexity index is 446. The lowest BCUT2D eigenvalue weighted by molar-refractivity contribution is 0.0703. The number of alkyl halides is 1. The zero-order valence-corrected chi connectivity index (χ0v) is 13.3. The van der Waals surface area contributed by atoms with E-state index in [1.807, 2.05) is 36.2 Å². The molecule has 1 aliphatic carbocycles. The molecule has 1 aliphatic rings. The van der Waals surface area contributed by atoms with Gasteiger partial charge in [0.15, 0.2) is 0 Å². The molecule has 0 saturated heterocycles. The van der Waals surface area contributed by atoms with Gasteiger partial charge in [-0.3, -0.25) is 4.79 Å². The van der Waals surface area contributed by atoms with Crippen molar-refractivity contribution in [3.63, 3.8) is 0 Å². The maximum atomic E-state index is 12.7. The van der Waals surface area contributed by atoms with E-state index in [1.165, 1.54) is 12.8 Å². The average Bonchev–Trinajstić information content (AvgIpc) is 2.46. The SMILES string of the molecule is CCc1ccccc1C(=O)N(C)C1CCCCC1Br. The molecule has 2 unspecified atom stereocenters. The Morgan fingerprint density at radius 2 is 2.00 bits per heavy atom. The van der Waals surface area contributed by atoms with Gasteiger partial charge in [-0.1, -0.05) is 53.9 Å². The quantitative estimate of drug-likeness (QED) is 0.769. The third kappa shape index (κ3) is 3.19. The largest absolute Gasteiger partial charge is 0.338 e. The van der Waals surface area contributed by atoms with Crippen LogP contribution in [0.4, 0.5) is 0 Å². The first-order valence-electron chi connectivity index (χ1n) is 7.14. The molecule has 2 atom stereocenters. The van der Waals surface area contributed by atoms with E-state index < -0.39 is 0 Å². The van der Waals surface area contributed by atoms with Crippen LogP contribution in [0.15, 0.2) is 24.3 Å². The van der Waals surface area contributed by atoms with Crippen molar-refractivity contribution in [3.05, 3.63) is 35.4 Å². The minimum atomic E-state index is 0.161. The number of halogens is 1. The highest BCUT2D eigenvalue weighted by Crippen LogP contribution is 2.29. The fourth-order valence-electron chi connectivity index (χ4n) is 2.88. The summed E-state index contributed by atoms with van der Waals surface area (Å²) in [6.45, 7) is 2.10. The Labute approximate surface area is 124 Å². The highest BCUT2D eigenvalue weighted by Gasteiger charge is 2.29. The van der Waals surface area contributed by atoms with Crippen LogP contribution in [0.25, 0.3) is 0 Å². The lowest BCUT2D eigenvalue weighted by Gasteiger charge is -2.35. The number of benzene rings is 1. The first-order valence-corrected chi connectivity index (χ1v) is 8.05. The molecule has 19 heavy (non-hydrogen) atoms. The molecule has 2 rings (SSSR count). The van der Waals surface area contributed by atoms with E-state index in [0.717, 1.165) is 30.4 Å². The van der Waals surface area contributed by atoms with Gasteiger partial charge in [-0.2, -0.15) is 0 Å². The van der Waals surface area contributed by atoms with Gasteiger partial charge in [0.25, 0.3) is 5.91 Å². The van der Waals surface area contributed by atoms with Gasteiger partial charge in [-0.15, -0.1) is 0 Å². The van der Waals surface area contributed by atoms with Crippen LogP contribution < -0.4 is 0 Å². The van der Waals surface area contributed by atoms with Crippen molar-refractivity contribution in [2.45, 2.75) is 49.9 Å². The van der Waals surface area contributed by atoms with E-state index >= 15 is 0 Å². The Hall–Kier alpha value is -0.830. The summed E-state index contributed by atoms with van der Waals surface area (Å²) in [5.41, 5.74) is 2.00. The zero-order valence-electron chi connectivity index (χ0n) is 11.7. The summed E-state index contributed by atoms with van der Waals surface area (Å²) in [7, 11) is 1.94. The molecule has 0 aliphatic heterocycles. The van der Waals surface area contributed by atoms with Gasteiger partial charge in [0.1, 0.15) is 0 Å². The Morgan fingerprint density at radius 3 is 2.68 bits per heavy atom. The van der Waals surface area contributed by atoms with E-state index in [4.69, 9.17) is 0 Å². The summed E-state index contributed by atoms with van der Waals surface area (Å²) in [5, 5.41) is 0. The molecular weight excluding hydrogens is 302 g/mol. The zero-order chi connectivity index (χ0) is 13.8. The third-order valence-corrected chi connectivity index (χ3v) is 5.16. The molecule has 1 aromatic rings. The summed E-state index contributed by atoms with van der Waals surface area (Å²) in [6, 6.07) is 8.28. The molecule has 2 nitrogen and oxygen atoms in total. The molecule has 0 N–H and O–H groups in total. The van der Waals surface area contributed by atoms with Gasteiger partial charge in [0, 0.05) is 23.5 Å². The van der Waals surface area contributed by atoms with Crippen molar-refractivity contribution in [3.8, 4) is 0 Å². The van der Waals surface area contributed by atoms with Crippen molar-refractivity contribution in [2.24, 2.45) is 0 Å². The summed E-state index contributed by atoms with van der Waals surface area (Å²) in [4.78, 5) is 15.0. The molecule has 1 saturated carbocycles. The molecule has 1 fully saturated rings. The number of carbonyl (C=O) groups is 1. The molecule has 104 valence electrons. The highest BCUT2D eigenvalue weighted by atomic mass is 79.9. The maximum Gasteiger partial charge on any atom is 0.254 e. The molecule has 0 heterocycles. The van der Waals surface area contributed by atoms with Gasteiger partial charge in [0.05, 0.1) is 0 Å². The first-order chi connectivity index (χ1) is 9.15. The topological polar surface area (TPSA) is 20.3 Å². The molecule has 0 aromatic heterocycles. The Morgan fingerprint density at radius 1 is 1.32 bits per heavy atom. The van der Waals surface area contributed by atoms with Crippen LogP contribution in [0.5, 0.6) is 0 Å². The number of amides is 1. The van der Waals surface area contributed by atoms with Crippen molar-refractivity contribution < 1.29 is 4.79 Å². The number of carbonyl (C=O) groups excluding carboxylic acids is 1. The summed E-state index contributed by atoms with van der Waals surface area (Å²) < 4.78 is 0.